The summed E-state index contributed by atoms with van der Waals surface area (Å²) in [6.07, 6.45) is -4.26. The Morgan fingerprint density at radius 3 is 2.70 bits per heavy atom. The third-order valence-corrected chi connectivity index (χ3v) is 4.15. The lowest BCUT2D eigenvalue weighted by Gasteiger charge is -2.29. The average molecular weight is 308 g/mol. The zero-order valence-corrected chi connectivity index (χ0v) is 11.9. The van der Waals surface area contributed by atoms with Crippen molar-refractivity contribution in [2.45, 2.75) is 31.7 Å². The van der Waals surface area contributed by atoms with Gasteiger partial charge in [-0.15, -0.1) is 12.4 Å². The second-order valence-corrected chi connectivity index (χ2v) is 5.18. The van der Waals surface area contributed by atoms with Crippen molar-refractivity contribution in [3.05, 3.63) is 34.9 Å². The van der Waals surface area contributed by atoms with Gasteiger partial charge in [0.25, 0.3) is 0 Å². The Hall–Kier alpha value is -0.780. The van der Waals surface area contributed by atoms with Gasteiger partial charge in [-0.1, -0.05) is 19.1 Å². The number of likely N-dealkylation sites (N-methyl/N-ethyl adjacent to an activating group) is 1. The Labute approximate surface area is 122 Å². The Morgan fingerprint density at radius 1 is 1.30 bits per heavy atom. The Morgan fingerprint density at radius 2 is 2.05 bits per heavy atom. The number of hydrogen-bond donors (Lipinski definition) is 0. The van der Waals surface area contributed by atoms with Gasteiger partial charge in [-0.3, -0.25) is 0 Å². The molecule has 0 bridgehead atoms. The maximum atomic E-state index is 13.0. The normalized spacial score (nSPS) is 25.8. The van der Waals surface area contributed by atoms with Crippen LogP contribution in [0.15, 0.2) is 18.2 Å². The van der Waals surface area contributed by atoms with Crippen molar-refractivity contribution in [1.82, 2.24) is 4.90 Å². The van der Waals surface area contributed by atoms with Crippen LogP contribution < -0.4 is 0 Å². The van der Waals surface area contributed by atoms with Crippen LogP contribution >= 0.6 is 12.4 Å². The lowest BCUT2D eigenvalue weighted by molar-refractivity contribution is -0.139. The molecule has 1 aromatic carbocycles. The third kappa shape index (κ3) is 2.54. The molecule has 6 heteroatoms. The molecule has 1 fully saturated rings. The smallest absolute Gasteiger partial charge is 0.371 e. The molecular formula is C14H17ClF3NO. The summed E-state index contributed by atoms with van der Waals surface area (Å²) in [5.41, 5.74) is 0.606. The SMILES string of the molecule is CCN1CC2OCc3c(cccc3C(F)(F)F)C2C1.Cl. The maximum absolute atomic E-state index is 13.0. The molecule has 3 rings (SSSR count). The number of ether oxygens (including phenoxy) is 1. The molecule has 0 saturated carbocycles. The number of halogens is 4. The highest BCUT2D eigenvalue weighted by molar-refractivity contribution is 5.85. The molecule has 2 aliphatic rings. The first-order chi connectivity index (χ1) is 9.00. The predicted octanol–water partition coefficient (Wildman–Crippen LogP) is 3.45. The van der Waals surface area contributed by atoms with Crippen LogP contribution in [0.25, 0.3) is 0 Å². The van der Waals surface area contributed by atoms with Gasteiger partial charge in [0.15, 0.2) is 0 Å². The first-order valence-electron chi connectivity index (χ1n) is 6.53. The van der Waals surface area contributed by atoms with Gasteiger partial charge < -0.3 is 9.64 Å². The van der Waals surface area contributed by atoms with E-state index < -0.39 is 11.7 Å². The Balaban J connectivity index is 0.00000147. The minimum Gasteiger partial charge on any atom is -0.371 e. The summed E-state index contributed by atoms with van der Waals surface area (Å²) < 4.78 is 44.6. The number of hydrogen-bond acceptors (Lipinski definition) is 2. The van der Waals surface area contributed by atoms with Crippen LogP contribution in [0.5, 0.6) is 0 Å². The van der Waals surface area contributed by atoms with E-state index in [1.54, 1.807) is 0 Å². The number of nitrogens with zero attached hydrogens (tertiary/aromatic N) is 1. The maximum Gasteiger partial charge on any atom is 0.416 e. The monoisotopic (exact) mass is 307 g/mol. The lowest BCUT2D eigenvalue weighted by Crippen LogP contribution is -2.29. The fourth-order valence-corrected chi connectivity index (χ4v) is 3.15. The summed E-state index contributed by atoms with van der Waals surface area (Å²) in [6.45, 7) is 4.64. The van der Waals surface area contributed by atoms with Crippen molar-refractivity contribution in [3.8, 4) is 0 Å². The number of benzene rings is 1. The standard InChI is InChI=1S/C14H16F3NO.ClH/c1-2-18-6-10-9-4-3-5-12(14(15,16)17)11(9)8-19-13(10)7-18;/h3-5,10,13H,2,6-8H2,1H3;1H. The van der Waals surface area contributed by atoms with Crippen molar-refractivity contribution >= 4 is 12.4 Å². The molecule has 2 nitrogen and oxygen atoms in total. The van der Waals surface area contributed by atoms with Gasteiger partial charge in [0.1, 0.15) is 0 Å². The zero-order valence-electron chi connectivity index (χ0n) is 11.1. The zero-order chi connectivity index (χ0) is 13.6. The highest BCUT2D eigenvalue weighted by atomic mass is 35.5. The minimum atomic E-state index is -4.30. The molecule has 0 radical (unpaired) electrons. The molecule has 0 aliphatic carbocycles. The first-order valence-corrected chi connectivity index (χ1v) is 6.53. The molecule has 1 saturated heterocycles. The molecule has 2 atom stereocenters. The van der Waals surface area contributed by atoms with E-state index in [0.717, 1.165) is 31.3 Å². The number of rotatable bonds is 1. The molecule has 2 heterocycles. The molecule has 0 N–H and O–H groups in total. The fraction of sp³-hybridized carbons (Fsp3) is 0.571. The van der Waals surface area contributed by atoms with Gasteiger partial charge in [0.05, 0.1) is 18.3 Å². The van der Waals surface area contributed by atoms with Crippen LogP contribution in [0.3, 0.4) is 0 Å². The van der Waals surface area contributed by atoms with E-state index in [1.165, 1.54) is 6.07 Å². The largest absolute Gasteiger partial charge is 0.416 e. The summed E-state index contributed by atoms with van der Waals surface area (Å²) in [6, 6.07) is 4.48. The van der Waals surface area contributed by atoms with Gasteiger partial charge >= 0.3 is 6.18 Å². The molecule has 0 aromatic heterocycles. The highest BCUT2D eigenvalue weighted by Gasteiger charge is 2.42. The second kappa shape index (κ2) is 5.54. The van der Waals surface area contributed by atoms with Gasteiger partial charge in [0.2, 0.25) is 0 Å². The van der Waals surface area contributed by atoms with E-state index >= 15 is 0 Å². The van der Waals surface area contributed by atoms with Crippen LogP contribution in [-0.4, -0.2) is 30.6 Å². The van der Waals surface area contributed by atoms with E-state index in [0.29, 0.717) is 5.56 Å². The minimum absolute atomic E-state index is 0. The third-order valence-electron chi connectivity index (χ3n) is 4.15. The molecule has 2 aliphatic heterocycles. The quantitative estimate of drug-likeness (QED) is 0.788. The molecular weight excluding hydrogens is 291 g/mol. The van der Waals surface area contributed by atoms with Crippen LogP contribution in [0.4, 0.5) is 13.2 Å². The summed E-state index contributed by atoms with van der Waals surface area (Å²) in [5.74, 6) is 0.0750. The van der Waals surface area contributed by atoms with Crippen molar-refractivity contribution in [3.63, 3.8) is 0 Å². The first kappa shape index (κ1) is 15.6. The summed E-state index contributed by atoms with van der Waals surface area (Å²) in [5, 5.41) is 0. The van der Waals surface area contributed by atoms with Crippen molar-refractivity contribution in [2.75, 3.05) is 19.6 Å². The number of likely N-dealkylation sites (tertiary alicyclic amines) is 1. The molecule has 20 heavy (non-hydrogen) atoms. The molecule has 2 unspecified atom stereocenters. The van der Waals surface area contributed by atoms with Gasteiger partial charge in [-0.05, 0) is 23.7 Å². The topological polar surface area (TPSA) is 12.5 Å². The Kier molecular flexibility index (Phi) is 4.33. The van der Waals surface area contributed by atoms with Crippen LogP contribution in [-0.2, 0) is 17.5 Å². The van der Waals surface area contributed by atoms with Crippen molar-refractivity contribution in [1.29, 1.82) is 0 Å². The van der Waals surface area contributed by atoms with Crippen LogP contribution in [0.2, 0.25) is 0 Å². The van der Waals surface area contributed by atoms with Crippen molar-refractivity contribution < 1.29 is 17.9 Å². The van der Waals surface area contributed by atoms with E-state index in [-0.39, 0.29) is 31.0 Å². The Bertz CT molecular complexity index is 492. The van der Waals surface area contributed by atoms with E-state index in [2.05, 4.69) is 11.8 Å². The van der Waals surface area contributed by atoms with E-state index in [4.69, 9.17) is 4.74 Å². The van der Waals surface area contributed by atoms with Crippen molar-refractivity contribution in [2.24, 2.45) is 0 Å². The molecule has 0 spiro atoms. The van der Waals surface area contributed by atoms with Crippen LogP contribution in [0, 0.1) is 0 Å². The van der Waals surface area contributed by atoms with E-state index in [1.807, 2.05) is 6.07 Å². The van der Waals surface area contributed by atoms with Crippen LogP contribution in [0.1, 0.15) is 29.5 Å². The van der Waals surface area contributed by atoms with Gasteiger partial charge in [0, 0.05) is 19.0 Å². The predicted molar refractivity (Wildman–Crippen MR) is 72.1 cm³/mol. The highest BCUT2D eigenvalue weighted by Crippen LogP contribution is 2.42. The summed E-state index contributed by atoms with van der Waals surface area (Å²) >= 11 is 0. The second-order valence-electron chi connectivity index (χ2n) is 5.18. The molecule has 112 valence electrons. The molecule has 1 aromatic rings. The summed E-state index contributed by atoms with van der Waals surface area (Å²) in [4.78, 5) is 2.23. The number of alkyl halides is 3. The fourth-order valence-electron chi connectivity index (χ4n) is 3.15. The summed E-state index contributed by atoms with van der Waals surface area (Å²) in [7, 11) is 0. The van der Waals surface area contributed by atoms with Gasteiger partial charge in [-0.25, -0.2) is 0 Å². The molecule has 0 amide bonds. The van der Waals surface area contributed by atoms with E-state index in [9.17, 15) is 13.2 Å². The lowest BCUT2D eigenvalue weighted by atomic mass is 9.87. The van der Waals surface area contributed by atoms with Gasteiger partial charge in [-0.2, -0.15) is 13.2 Å². The average Bonchev–Trinajstić information content (AvgIpc) is 2.80. The number of fused-ring (bicyclic) bond motifs is 3.